The summed E-state index contributed by atoms with van der Waals surface area (Å²) in [6.45, 7) is 4.65. The Hall–Kier alpha value is -1.66. The van der Waals surface area contributed by atoms with Gasteiger partial charge in [-0.1, -0.05) is 49.7 Å². The molecule has 2 aromatic carbocycles. The van der Waals surface area contributed by atoms with Gasteiger partial charge in [-0.05, 0) is 30.7 Å². The Bertz CT molecular complexity index is 527. The minimum atomic E-state index is -2.17. The van der Waals surface area contributed by atoms with Crippen molar-refractivity contribution >= 4 is 23.6 Å². The summed E-state index contributed by atoms with van der Waals surface area (Å²) in [5.41, 5.74) is -0.0756. The number of unbranched alkanes of at least 4 members (excludes halogenated alkanes) is 1. The monoisotopic (exact) mass is 301 g/mol. The molecule has 0 N–H and O–H groups in total. The Morgan fingerprint density at radius 1 is 0.952 bits per heavy atom. The summed E-state index contributed by atoms with van der Waals surface area (Å²) < 4.78 is 5.57. The molecule has 0 aromatic heterocycles. The second-order valence-corrected chi connectivity index (χ2v) is 8.56. The van der Waals surface area contributed by atoms with Crippen molar-refractivity contribution in [2.24, 2.45) is 0 Å². The third kappa shape index (κ3) is 3.51. The molecule has 2 nitrogen and oxygen atoms in total. The Labute approximate surface area is 127 Å². The van der Waals surface area contributed by atoms with E-state index in [4.69, 9.17) is 4.74 Å². The third-order valence-corrected chi connectivity index (χ3v) is 7.16. The highest BCUT2D eigenvalue weighted by molar-refractivity contribution is 8.01. The maximum absolute atomic E-state index is 12.8. The lowest BCUT2D eigenvalue weighted by atomic mass is 10.4. The summed E-state index contributed by atoms with van der Waals surface area (Å²) in [6.07, 6.45) is 1.94. The van der Waals surface area contributed by atoms with Crippen molar-refractivity contribution in [1.82, 2.24) is 0 Å². The molecule has 0 aliphatic rings. The molecule has 0 aliphatic carbocycles. The molecule has 0 heterocycles. The van der Waals surface area contributed by atoms with E-state index in [2.05, 4.69) is 6.92 Å². The first-order chi connectivity index (χ1) is 10.2. The molecule has 0 fully saturated rings. The van der Waals surface area contributed by atoms with Crippen molar-refractivity contribution in [2.45, 2.75) is 19.8 Å². The van der Waals surface area contributed by atoms with E-state index in [1.807, 2.05) is 67.3 Å². The summed E-state index contributed by atoms with van der Waals surface area (Å²) in [5, 5.41) is 2.13. The summed E-state index contributed by atoms with van der Waals surface area (Å²) in [6, 6.07) is 20.0. The second-order valence-electron chi connectivity index (χ2n) is 5.15. The van der Waals surface area contributed by atoms with Gasteiger partial charge in [0, 0.05) is 0 Å². The number of rotatable bonds is 6. The zero-order chi connectivity index (χ0) is 15.1. The maximum atomic E-state index is 12.8. The molecule has 0 unspecified atom stereocenters. The largest absolute Gasteiger partial charge is 0.460 e. The molecule has 0 spiro atoms. The van der Waals surface area contributed by atoms with E-state index in [-0.39, 0.29) is 5.71 Å². The summed E-state index contributed by atoms with van der Waals surface area (Å²) in [5.74, 6) is 0. The van der Waals surface area contributed by atoms with Crippen LogP contribution in [0.4, 0.5) is 4.79 Å². The van der Waals surface area contributed by atoms with Gasteiger partial charge < -0.3 is 4.74 Å². The average Bonchev–Trinajstić information content (AvgIpc) is 2.56. The number of carbonyl (C=O) groups is 1. The predicted octanol–water partition coefficient (Wildman–Crippen LogP) is 4.22. The van der Waals surface area contributed by atoms with Crippen molar-refractivity contribution in [3.8, 4) is 0 Å². The van der Waals surface area contributed by atoms with Gasteiger partial charge in [0.05, 0.1) is 13.3 Å². The Morgan fingerprint density at radius 3 is 1.86 bits per heavy atom. The van der Waals surface area contributed by atoms with Crippen molar-refractivity contribution < 1.29 is 9.53 Å². The molecule has 21 heavy (non-hydrogen) atoms. The van der Waals surface area contributed by atoms with Crippen molar-refractivity contribution in [3.05, 3.63) is 60.7 Å². The maximum Gasteiger partial charge on any atom is 0.460 e. The zero-order valence-electron chi connectivity index (χ0n) is 12.7. The van der Waals surface area contributed by atoms with E-state index in [0.29, 0.717) is 6.61 Å². The number of carbonyl (C=O) groups excluding carboxylic acids is 1. The topological polar surface area (TPSA) is 26.3 Å². The molecule has 0 aliphatic heterocycles. The van der Waals surface area contributed by atoms with Crippen molar-refractivity contribution in [2.75, 3.05) is 13.3 Å². The van der Waals surface area contributed by atoms with Gasteiger partial charge in [-0.25, -0.2) is 4.79 Å². The molecule has 0 bridgehead atoms. The van der Waals surface area contributed by atoms with Crippen LogP contribution in [0.1, 0.15) is 19.8 Å². The van der Waals surface area contributed by atoms with Crippen LogP contribution in [0.5, 0.6) is 0 Å². The molecule has 3 heteroatoms. The Balaban J connectivity index is 2.38. The van der Waals surface area contributed by atoms with Gasteiger partial charge in [0.2, 0.25) is 0 Å². The van der Waals surface area contributed by atoms with Crippen LogP contribution in [-0.4, -0.2) is 19.0 Å². The normalized spacial score (nSPS) is 11.1. The smallest absolute Gasteiger partial charge is 0.436 e. The van der Waals surface area contributed by atoms with Gasteiger partial charge in [0.15, 0.2) is 7.26 Å². The van der Waals surface area contributed by atoms with Gasteiger partial charge >= 0.3 is 5.71 Å². The summed E-state index contributed by atoms with van der Waals surface area (Å²) in [7, 11) is -2.17. The molecular formula is C18H22O2P+. The van der Waals surface area contributed by atoms with E-state index in [1.54, 1.807) is 0 Å². The standard InChI is InChI=1S/C18H22O2P/c1-3-4-15-20-18(19)21(2,16-11-7-5-8-12-16)17-13-9-6-10-14-17/h5-14H,3-4,15H2,1-2H3/q+1. The van der Waals surface area contributed by atoms with Crippen LogP contribution in [0, 0.1) is 0 Å². The highest BCUT2D eigenvalue weighted by Gasteiger charge is 2.48. The lowest BCUT2D eigenvalue weighted by molar-refractivity contribution is 0.172. The minimum absolute atomic E-state index is 0.0756. The van der Waals surface area contributed by atoms with E-state index < -0.39 is 7.26 Å². The van der Waals surface area contributed by atoms with Crippen LogP contribution in [-0.2, 0) is 4.74 Å². The lowest BCUT2D eigenvalue weighted by Crippen LogP contribution is -2.28. The second kappa shape index (κ2) is 7.38. The lowest BCUT2D eigenvalue weighted by Gasteiger charge is -2.19. The molecule has 2 aromatic rings. The van der Waals surface area contributed by atoms with E-state index in [9.17, 15) is 4.79 Å². The molecule has 0 saturated carbocycles. The van der Waals surface area contributed by atoms with Crippen LogP contribution < -0.4 is 10.6 Å². The van der Waals surface area contributed by atoms with Crippen LogP contribution in [0.15, 0.2) is 60.7 Å². The SMILES string of the molecule is CCCCOC(=O)[P+](C)(c1ccccc1)c1ccccc1. The third-order valence-electron chi connectivity index (χ3n) is 3.63. The first kappa shape index (κ1) is 15.7. The minimum Gasteiger partial charge on any atom is -0.436 e. The summed E-state index contributed by atoms with van der Waals surface area (Å²) in [4.78, 5) is 12.8. The van der Waals surface area contributed by atoms with Crippen LogP contribution in [0.3, 0.4) is 0 Å². The molecule has 0 amide bonds. The van der Waals surface area contributed by atoms with Gasteiger partial charge in [0.1, 0.15) is 10.6 Å². The van der Waals surface area contributed by atoms with Crippen molar-refractivity contribution in [1.29, 1.82) is 0 Å². The highest BCUT2D eigenvalue weighted by Crippen LogP contribution is 2.54. The van der Waals surface area contributed by atoms with Gasteiger partial charge in [-0.15, -0.1) is 0 Å². The van der Waals surface area contributed by atoms with Crippen LogP contribution in [0.2, 0.25) is 0 Å². The molecule has 0 atom stereocenters. The number of hydrogen-bond donors (Lipinski definition) is 0. The summed E-state index contributed by atoms with van der Waals surface area (Å²) >= 11 is 0. The average molecular weight is 301 g/mol. The molecule has 2 rings (SSSR count). The Morgan fingerprint density at radius 2 is 1.43 bits per heavy atom. The fourth-order valence-electron chi connectivity index (χ4n) is 2.25. The highest BCUT2D eigenvalue weighted by atomic mass is 31.2. The van der Waals surface area contributed by atoms with E-state index in [1.165, 1.54) is 0 Å². The van der Waals surface area contributed by atoms with Crippen molar-refractivity contribution in [3.63, 3.8) is 0 Å². The fraction of sp³-hybridized carbons (Fsp3) is 0.278. The predicted molar refractivity (Wildman–Crippen MR) is 91.3 cm³/mol. The van der Waals surface area contributed by atoms with Gasteiger partial charge in [0.25, 0.3) is 0 Å². The molecule has 0 saturated heterocycles. The fourth-order valence-corrected chi connectivity index (χ4v) is 4.85. The number of benzene rings is 2. The zero-order valence-corrected chi connectivity index (χ0v) is 13.6. The first-order valence-electron chi connectivity index (χ1n) is 7.34. The number of ether oxygens (including phenoxy) is 1. The Kier molecular flexibility index (Phi) is 5.52. The molecule has 0 radical (unpaired) electrons. The van der Waals surface area contributed by atoms with E-state index in [0.717, 1.165) is 23.5 Å². The van der Waals surface area contributed by atoms with E-state index >= 15 is 0 Å². The van der Waals surface area contributed by atoms with Crippen LogP contribution in [0.25, 0.3) is 0 Å². The molecular weight excluding hydrogens is 279 g/mol. The van der Waals surface area contributed by atoms with Gasteiger partial charge in [-0.3, -0.25) is 0 Å². The quantitative estimate of drug-likeness (QED) is 0.590. The number of hydrogen-bond acceptors (Lipinski definition) is 2. The van der Waals surface area contributed by atoms with Crippen LogP contribution >= 0.6 is 7.26 Å². The van der Waals surface area contributed by atoms with Gasteiger partial charge in [-0.2, -0.15) is 0 Å². The molecule has 110 valence electrons. The first-order valence-corrected chi connectivity index (χ1v) is 9.58.